The van der Waals surface area contributed by atoms with Crippen LogP contribution in [0.2, 0.25) is 0 Å². The Morgan fingerprint density at radius 1 is 0.800 bits per heavy atom. The molecular weight excluding hydrogens is 324 g/mol. The number of carbonyl (C=O) groups is 1. The number of halogens is 2. The highest BCUT2D eigenvalue weighted by atomic mass is 19.1. The maximum absolute atomic E-state index is 14.4. The van der Waals surface area contributed by atoms with Crippen molar-refractivity contribution < 1.29 is 13.6 Å². The predicted octanol–water partition coefficient (Wildman–Crippen LogP) is 5.15. The van der Waals surface area contributed by atoms with Gasteiger partial charge in [0.05, 0.1) is 11.4 Å². The molecule has 0 heterocycles. The molecule has 25 heavy (non-hydrogen) atoms. The van der Waals surface area contributed by atoms with Gasteiger partial charge in [0.15, 0.2) is 0 Å². The van der Waals surface area contributed by atoms with E-state index in [-0.39, 0.29) is 5.56 Å². The number of benzene rings is 3. The summed E-state index contributed by atoms with van der Waals surface area (Å²) in [6.45, 7) is 0. The molecular formula is C19H13F2N3O. The predicted molar refractivity (Wildman–Crippen MR) is 90.9 cm³/mol. The first-order valence-corrected chi connectivity index (χ1v) is 7.41. The number of rotatable bonds is 4. The lowest BCUT2D eigenvalue weighted by atomic mass is 10.0. The zero-order chi connectivity index (χ0) is 17.8. The molecule has 4 nitrogen and oxygen atoms in total. The normalized spacial score (nSPS) is 11.0. The van der Waals surface area contributed by atoms with Crippen molar-refractivity contribution >= 4 is 17.3 Å². The fraction of sp³-hybridized carbons (Fsp3) is 0. The summed E-state index contributed by atoms with van der Waals surface area (Å²) in [5.74, 6) is -3.11. The molecule has 3 aromatic carbocycles. The van der Waals surface area contributed by atoms with E-state index in [9.17, 15) is 13.6 Å². The van der Waals surface area contributed by atoms with E-state index >= 15 is 0 Å². The van der Waals surface area contributed by atoms with E-state index in [0.29, 0.717) is 16.9 Å². The van der Waals surface area contributed by atoms with Crippen molar-refractivity contribution in [2.45, 2.75) is 0 Å². The Hall–Kier alpha value is -3.41. The standard InChI is InChI=1S/C19H13F2N3O/c20-16-11-10-15(18(21)17(16)19(22)25)12-6-8-14(9-7-12)24-23-13-4-2-1-3-5-13/h1-11H,(H2,22,25). The van der Waals surface area contributed by atoms with Crippen LogP contribution < -0.4 is 5.73 Å². The first-order valence-electron chi connectivity index (χ1n) is 7.41. The molecule has 0 aliphatic heterocycles. The van der Waals surface area contributed by atoms with Crippen LogP contribution in [0.4, 0.5) is 20.2 Å². The van der Waals surface area contributed by atoms with Gasteiger partial charge in [0.2, 0.25) is 0 Å². The highest BCUT2D eigenvalue weighted by molar-refractivity contribution is 5.94. The molecule has 0 spiro atoms. The van der Waals surface area contributed by atoms with Gasteiger partial charge < -0.3 is 5.73 Å². The Balaban J connectivity index is 1.90. The second-order valence-corrected chi connectivity index (χ2v) is 5.23. The summed E-state index contributed by atoms with van der Waals surface area (Å²) in [5.41, 5.74) is 6.13. The third-order valence-electron chi connectivity index (χ3n) is 3.55. The summed E-state index contributed by atoms with van der Waals surface area (Å²) in [5, 5.41) is 8.18. The van der Waals surface area contributed by atoms with Gasteiger partial charge in [0.25, 0.3) is 5.91 Å². The van der Waals surface area contributed by atoms with Crippen LogP contribution >= 0.6 is 0 Å². The van der Waals surface area contributed by atoms with Gasteiger partial charge >= 0.3 is 0 Å². The Morgan fingerprint density at radius 3 is 2.00 bits per heavy atom. The molecule has 3 aromatic rings. The maximum atomic E-state index is 14.4. The average molecular weight is 337 g/mol. The Labute approximate surface area is 142 Å². The quantitative estimate of drug-likeness (QED) is 0.658. The molecule has 0 aliphatic carbocycles. The number of nitrogens with two attached hydrogens (primary N) is 1. The lowest BCUT2D eigenvalue weighted by Crippen LogP contribution is -2.16. The summed E-state index contributed by atoms with van der Waals surface area (Å²) >= 11 is 0. The number of azo groups is 1. The zero-order valence-electron chi connectivity index (χ0n) is 13.0. The first kappa shape index (κ1) is 16.4. The molecule has 0 bridgehead atoms. The third-order valence-corrected chi connectivity index (χ3v) is 3.55. The van der Waals surface area contributed by atoms with Crippen LogP contribution in [0.1, 0.15) is 10.4 Å². The van der Waals surface area contributed by atoms with Crippen LogP contribution in [0.25, 0.3) is 11.1 Å². The van der Waals surface area contributed by atoms with Gasteiger partial charge in [-0.2, -0.15) is 10.2 Å². The molecule has 0 radical (unpaired) electrons. The van der Waals surface area contributed by atoms with E-state index in [0.717, 1.165) is 6.07 Å². The van der Waals surface area contributed by atoms with Crippen molar-refractivity contribution in [2.75, 3.05) is 0 Å². The molecule has 0 atom stereocenters. The zero-order valence-corrected chi connectivity index (χ0v) is 13.0. The Bertz CT molecular complexity index is 939. The summed E-state index contributed by atoms with van der Waals surface area (Å²) in [4.78, 5) is 11.2. The van der Waals surface area contributed by atoms with Gasteiger partial charge in [-0.3, -0.25) is 4.79 Å². The first-order chi connectivity index (χ1) is 12.1. The van der Waals surface area contributed by atoms with Gasteiger partial charge in [-0.25, -0.2) is 8.78 Å². The van der Waals surface area contributed by atoms with Gasteiger partial charge in [-0.1, -0.05) is 30.3 Å². The van der Waals surface area contributed by atoms with Crippen LogP contribution in [-0.4, -0.2) is 5.91 Å². The smallest absolute Gasteiger partial charge is 0.254 e. The number of nitrogens with zero attached hydrogens (tertiary/aromatic N) is 2. The SMILES string of the molecule is NC(=O)c1c(F)ccc(-c2ccc(N=Nc3ccccc3)cc2)c1F. The molecule has 0 aliphatic rings. The van der Waals surface area contributed by atoms with Crippen molar-refractivity contribution in [3.63, 3.8) is 0 Å². The number of amides is 1. The summed E-state index contributed by atoms with van der Waals surface area (Å²) in [7, 11) is 0. The minimum atomic E-state index is -1.15. The molecule has 0 aromatic heterocycles. The van der Waals surface area contributed by atoms with E-state index in [1.54, 1.807) is 24.3 Å². The summed E-state index contributed by atoms with van der Waals surface area (Å²) in [6.07, 6.45) is 0. The van der Waals surface area contributed by atoms with E-state index in [1.807, 2.05) is 30.3 Å². The van der Waals surface area contributed by atoms with Crippen molar-refractivity contribution in [3.8, 4) is 11.1 Å². The van der Waals surface area contributed by atoms with E-state index in [4.69, 9.17) is 5.73 Å². The largest absolute Gasteiger partial charge is 0.365 e. The van der Waals surface area contributed by atoms with Gasteiger partial charge in [-0.05, 0) is 42.0 Å². The molecule has 6 heteroatoms. The number of carbonyl (C=O) groups excluding carboxylic acids is 1. The molecule has 0 unspecified atom stereocenters. The topological polar surface area (TPSA) is 67.8 Å². The highest BCUT2D eigenvalue weighted by Gasteiger charge is 2.18. The second-order valence-electron chi connectivity index (χ2n) is 5.23. The molecule has 124 valence electrons. The van der Waals surface area contributed by atoms with Crippen LogP contribution in [0.15, 0.2) is 77.0 Å². The molecule has 1 amide bonds. The second kappa shape index (κ2) is 7.00. The van der Waals surface area contributed by atoms with Crippen LogP contribution in [0, 0.1) is 11.6 Å². The van der Waals surface area contributed by atoms with Gasteiger partial charge in [-0.15, -0.1) is 0 Å². The van der Waals surface area contributed by atoms with Gasteiger partial charge in [0.1, 0.15) is 17.2 Å². The summed E-state index contributed by atoms with van der Waals surface area (Å²) < 4.78 is 27.9. The van der Waals surface area contributed by atoms with Crippen molar-refractivity contribution in [2.24, 2.45) is 16.0 Å². The number of primary amides is 1. The van der Waals surface area contributed by atoms with Crippen LogP contribution in [0.3, 0.4) is 0 Å². The molecule has 3 rings (SSSR count). The number of hydrogen-bond acceptors (Lipinski definition) is 3. The molecule has 2 N–H and O–H groups in total. The third kappa shape index (κ3) is 3.58. The van der Waals surface area contributed by atoms with Crippen LogP contribution in [-0.2, 0) is 0 Å². The van der Waals surface area contributed by atoms with Gasteiger partial charge in [0, 0.05) is 5.56 Å². The summed E-state index contributed by atoms with van der Waals surface area (Å²) in [6, 6.07) is 18.0. The highest BCUT2D eigenvalue weighted by Crippen LogP contribution is 2.28. The Kier molecular flexibility index (Phi) is 4.61. The molecule has 0 saturated heterocycles. The lowest BCUT2D eigenvalue weighted by molar-refractivity contribution is 0.0992. The van der Waals surface area contributed by atoms with E-state index < -0.39 is 23.1 Å². The fourth-order valence-corrected chi connectivity index (χ4v) is 2.32. The number of hydrogen-bond donors (Lipinski definition) is 1. The van der Waals surface area contributed by atoms with Crippen molar-refractivity contribution in [1.82, 2.24) is 0 Å². The Morgan fingerprint density at radius 2 is 1.40 bits per heavy atom. The fourth-order valence-electron chi connectivity index (χ4n) is 2.32. The minimum absolute atomic E-state index is 0.0850. The average Bonchev–Trinajstić information content (AvgIpc) is 2.61. The monoisotopic (exact) mass is 337 g/mol. The van der Waals surface area contributed by atoms with E-state index in [1.165, 1.54) is 6.07 Å². The van der Waals surface area contributed by atoms with Crippen molar-refractivity contribution in [3.05, 3.63) is 83.9 Å². The van der Waals surface area contributed by atoms with Crippen LogP contribution in [0.5, 0.6) is 0 Å². The molecule has 0 saturated carbocycles. The van der Waals surface area contributed by atoms with Crippen molar-refractivity contribution in [1.29, 1.82) is 0 Å². The van der Waals surface area contributed by atoms with E-state index in [2.05, 4.69) is 10.2 Å². The maximum Gasteiger partial charge on any atom is 0.254 e. The molecule has 0 fully saturated rings. The lowest BCUT2D eigenvalue weighted by Gasteiger charge is -2.07. The minimum Gasteiger partial charge on any atom is -0.365 e.